The van der Waals surface area contributed by atoms with Gasteiger partial charge < -0.3 is 5.32 Å². The first-order chi connectivity index (χ1) is 12.9. The molecule has 1 saturated carbocycles. The molecule has 0 radical (unpaired) electrons. The lowest BCUT2D eigenvalue weighted by Crippen LogP contribution is -2.14. The SMILES string of the molecule is CC(C)n1ncc2c(C(=O)Nc3cccc([N+](=O)[O-])c3)cc(C3CC3)nc21. The van der Waals surface area contributed by atoms with Crippen LogP contribution in [-0.4, -0.2) is 25.6 Å². The molecular weight excluding hydrogens is 346 g/mol. The van der Waals surface area contributed by atoms with Crippen LogP contribution in [0.25, 0.3) is 11.0 Å². The van der Waals surface area contributed by atoms with Crippen molar-refractivity contribution in [3.05, 3.63) is 57.9 Å². The monoisotopic (exact) mass is 365 g/mol. The minimum atomic E-state index is -0.488. The first kappa shape index (κ1) is 17.1. The zero-order chi connectivity index (χ0) is 19.1. The van der Waals surface area contributed by atoms with Crippen LogP contribution in [0.3, 0.4) is 0 Å². The lowest BCUT2D eigenvalue weighted by molar-refractivity contribution is -0.384. The number of nitro benzene ring substituents is 1. The van der Waals surface area contributed by atoms with Gasteiger partial charge in [0, 0.05) is 35.5 Å². The number of fused-ring (bicyclic) bond motifs is 1. The van der Waals surface area contributed by atoms with E-state index < -0.39 is 4.92 Å². The molecule has 8 nitrogen and oxygen atoms in total. The number of rotatable bonds is 5. The van der Waals surface area contributed by atoms with Gasteiger partial charge in [0.2, 0.25) is 0 Å². The van der Waals surface area contributed by atoms with Gasteiger partial charge in [-0.3, -0.25) is 14.9 Å². The van der Waals surface area contributed by atoms with Crippen LogP contribution in [0.1, 0.15) is 54.7 Å². The molecule has 8 heteroatoms. The molecule has 2 heterocycles. The summed E-state index contributed by atoms with van der Waals surface area (Å²) in [5.74, 6) is 0.0578. The fraction of sp³-hybridized carbons (Fsp3) is 0.316. The molecule has 0 spiro atoms. The van der Waals surface area contributed by atoms with Gasteiger partial charge in [-0.1, -0.05) is 6.07 Å². The zero-order valence-electron chi connectivity index (χ0n) is 15.0. The highest BCUT2D eigenvalue weighted by molar-refractivity contribution is 6.12. The van der Waals surface area contributed by atoms with E-state index in [9.17, 15) is 14.9 Å². The van der Waals surface area contributed by atoms with Gasteiger partial charge in [0.15, 0.2) is 5.65 Å². The number of non-ortho nitro benzene ring substituents is 1. The van der Waals surface area contributed by atoms with E-state index >= 15 is 0 Å². The second-order valence-corrected chi connectivity index (χ2v) is 7.05. The van der Waals surface area contributed by atoms with Gasteiger partial charge in [-0.2, -0.15) is 5.10 Å². The Morgan fingerprint density at radius 3 is 2.78 bits per heavy atom. The molecule has 27 heavy (non-hydrogen) atoms. The number of hydrogen-bond acceptors (Lipinski definition) is 5. The van der Waals surface area contributed by atoms with Gasteiger partial charge in [-0.15, -0.1) is 0 Å². The number of benzene rings is 1. The molecule has 4 rings (SSSR count). The Hall–Kier alpha value is -3.29. The van der Waals surface area contributed by atoms with Gasteiger partial charge >= 0.3 is 0 Å². The smallest absolute Gasteiger partial charge is 0.271 e. The van der Waals surface area contributed by atoms with Crippen molar-refractivity contribution in [2.45, 2.75) is 38.6 Å². The van der Waals surface area contributed by atoms with E-state index in [-0.39, 0.29) is 17.6 Å². The number of nitrogens with one attached hydrogen (secondary N) is 1. The fourth-order valence-electron chi connectivity index (χ4n) is 3.09. The molecule has 0 aliphatic heterocycles. The second kappa shape index (κ2) is 6.46. The Morgan fingerprint density at radius 1 is 1.33 bits per heavy atom. The van der Waals surface area contributed by atoms with Crippen LogP contribution < -0.4 is 5.32 Å². The maximum Gasteiger partial charge on any atom is 0.271 e. The van der Waals surface area contributed by atoms with Gasteiger partial charge in [-0.05, 0) is 38.8 Å². The van der Waals surface area contributed by atoms with E-state index in [4.69, 9.17) is 4.98 Å². The van der Waals surface area contributed by atoms with Crippen LogP contribution >= 0.6 is 0 Å². The molecule has 1 aromatic carbocycles. The topological polar surface area (TPSA) is 103 Å². The van der Waals surface area contributed by atoms with Crippen molar-refractivity contribution in [1.29, 1.82) is 0 Å². The number of carbonyl (C=O) groups is 1. The summed E-state index contributed by atoms with van der Waals surface area (Å²) in [6.07, 6.45) is 3.79. The van der Waals surface area contributed by atoms with Crippen molar-refractivity contribution in [3.63, 3.8) is 0 Å². The molecule has 1 aliphatic rings. The summed E-state index contributed by atoms with van der Waals surface area (Å²) in [5.41, 5.74) is 2.38. The summed E-state index contributed by atoms with van der Waals surface area (Å²) in [6, 6.07) is 7.84. The molecule has 3 aromatic rings. The van der Waals surface area contributed by atoms with Gasteiger partial charge in [0.05, 0.1) is 22.1 Å². The number of aromatic nitrogens is 3. The van der Waals surface area contributed by atoms with Crippen molar-refractivity contribution in [1.82, 2.24) is 14.8 Å². The summed E-state index contributed by atoms with van der Waals surface area (Å²) >= 11 is 0. The first-order valence-electron chi connectivity index (χ1n) is 8.88. The summed E-state index contributed by atoms with van der Waals surface area (Å²) in [7, 11) is 0. The van der Waals surface area contributed by atoms with E-state index in [2.05, 4.69) is 10.4 Å². The van der Waals surface area contributed by atoms with Crippen LogP contribution in [0.5, 0.6) is 0 Å². The third kappa shape index (κ3) is 3.25. The number of hydrogen-bond donors (Lipinski definition) is 1. The van der Waals surface area contributed by atoms with E-state index in [1.807, 2.05) is 24.6 Å². The standard InChI is InChI=1S/C19H19N5O3/c1-11(2)23-18-16(10-20-23)15(9-17(22-18)12-6-7-12)19(25)21-13-4-3-5-14(8-13)24(26)27/h3-5,8-12H,6-7H2,1-2H3,(H,21,25). The summed E-state index contributed by atoms with van der Waals surface area (Å²) in [5, 5.41) is 18.8. The largest absolute Gasteiger partial charge is 0.322 e. The number of amides is 1. The normalized spacial score (nSPS) is 13.9. The maximum atomic E-state index is 12.9. The number of carbonyl (C=O) groups excluding carboxylic acids is 1. The second-order valence-electron chi connectivity index (χ2n) is 7.05. The Kier molecular flexibility index (Phi) is 4.10. The average molecular weight is 365 g/mol. The van der Waals surface area contributed by atoms with Gasteiger partial charge in [0.1, 0.15) is 0 Å². The van der Waals surface area contributed by atoms with Crippen LogP contribution in [0, 0.1) is 10.1 Å². The van der Waals surface area contributed by atoms with Crippen LogP contribution in [-0.2, 0) is 0 Å². The third-order valence-electron chi connectivity index (χ3n) is 4.63. The van der Waals surface area contributed by atoms with Crippen molar-refractivity contribution in [2.24, 2.45) is 0 Å². The Bertz CT molecular complexity index is 1050. The molecular formula is C19H19N5O3. The molecule has 0 bridgehead atoms. The Morgan fingerprint density at radius 2 is 2.11 bits per heavy atom. The molecule has 1 fully saturated rings. The average Bonchev–Trinajstić information content (AvgIpc) is 3.39. The van der Waals surface area contributed by atoms with Crippen LogP contribution in [0.15, 0.2) is 36.5 Å². The van der Waals surface area contributed by atoms with Gasteiger partial charge in [0.25, 0.3) is 11.6 Å². The van der Waals surface area contributed by atoms with Crippen molar-refractivity contribution in [3.8, 4) is 0 Å². The Balaban J connectivity index is 1.75. The number of anilines is 1. The van der Waals surface area contributed by atoms with E-state index in [0.29, 0.717) is 28.2 Å². The molecule has 0 unspecified atom stereocenters. The molecule has 1 N–H and O–H groups in total. The molecule has 138 valence electrons. The molecule has 0 saturated heterocycles. The van der Waals surface area contributed by atoms with E-state index in [0.717, 1.165) is 18.5 Å². The van der Waals surface area contributed by atoms with Crippen LogP contribution in [0.2, 0.25) is 0 Å². The highest BCUT2D eigenvalue weighted by atomic mass is 16.6. The molecule has 0 atom stereocenters. The predicted octanol–water partition coefficient (Wildman–Crippen LogP) is 4.05. The van der Waals surface area contributed by atoms with Gasteiger partial charge in [-0.25, -0.2) is 9.67 Å². The number of nitrogens with zero attached hydrogens (tertiary/aromatic N) is 4. The molecule has 1 aliphatic carbocycles. The van der Waals surface area contributed by atoms with Crippen molar-refractivity contribution < 1.29 is 9.72 Å². The summed E-state index contributed by atoms with van der Waals surface area (Å²) in [4.78, 5) is 28.1. The lowest BCUT2D eigenvalue weighted by atomic mass is 10.1. The first-order valence-corrected chi connectivity index (χ1v) is 8.88. The third-order valence-corrected chi connectivity index (χ3v) is 4.63. The predicted molar refractivity (Wildman–Crippen MR) is 101 cm³/mol. The lowest BCUT2D eigenvalue weighted by Gasteiger charge is -2.10. The molecule has 1 amide bonds. The minimum absolute atomic E-state index is 0.0704. The Labute approximate surface area is 155 Å². The fourth-order valence-corrected chi connectivity index (χ4v) is 3.09. The summed E-state index contributed by atoms with van der Waals surface area (Å²) in [6.45, 7) is 4.03. The van der Waals surface area contributed by atoms with Crippen molar-refractivity contribution in [2.75, 3.05) is 5.32 Å². The minimum Gasteiger partial charge on any atom is -0.322 e. The van der Waals surface area contributed by atoms with Crippen molar-refractivity contribution >= 4 is 28.3 Å². The number of pyridine rings is 1. The molecule has 2 aromatic heterocycles. The highest BCUT2D eigenvalue weighted by Gasteiger charge is 2.28. The van der Waals surface area contributed by atoms with E-state index in [1.165, 1.54) is 12.1 Å². The number of nitro groups is 1. The van der Waals surface area contributed by atoms with Crippen LogP contribution in [0.4, 0.5) is 11.4 Å². The summed E-state index contributed by atoms with van der Waals surface area (Å²) < 4.78 is 1.81. The highest BCUT2D eigenvalue weighted by Crippen LogP contribution is 2.40. The quantitative estimate of drug-likeness (QED) is 0.543. The zero-order valence-corrected chi connectivity index (χ0v) is 15.0. The van der Waals surface area contributed by atoms with E-state index in [1.54, 1.807) is 18.3 Å². The maximum absolute atomic E-state index is 12.9.